The average molecular weight is 414 g/mol. The van der Waals surface area contributed by atoms with Crippen LogP contribution < -0.4 is 0 Å². The van der Waals surface area contributed by atoms with Crippen molar-refractivity contribution in [2.45, 2.75) is 51.4 Å². The minimum atomic E-state index is -3.37. The van der Waals surface area contributed by atoms with Crippen LogP contribution in [0.1, 0.15) is 45.4 Å². The first-order chi connectivity index (χ1) is 13.7. The Morgan fingerprint density at radius 2 is 1.28 bits per heavy atom. The number of hydrogen-bond acceptors (Lipinski definition) is 4. The molecule has 29 heavy (non-hydrogen) atoms. The number of likely N-dealkylation sites (N-methyl/N-ethyl adjacent to an activating group) is 1. The van der Waals surface area contributed by atoms with Gasteiger partial charge in [0, 0.05) is 57.0 Å². The third-order valence-electron chi connectivity index (χ3n) is 7.05. The third kappa shape index (κ3) is 4.95. The lowest BCUT2D eigenvalue weighted by molar-refractivity contribution is -0.171. The molecule has 0 atom stereocenters. The van der Waals surface area contributed by atoms with E-state index in [0.717, 1.165) is 12.8 Å². The highest BCUT2D eigenvalue weighted by molar-refractivity contribution is 5.84. The van der Waals surface area contributed by atoms with E-state index in [0.29, 0.717) is 39.0 Å². The minimum absolute atomic E-state index is 0.0270. The van der Waals surface area contributed by atoms with Crippen molar-refractivity contribution in [3.05, 3.63) is 0 Å². The van der Waals surface area contributed by atoms with Gasteiger partial charge in [-0.2, -0.15) is 8.78 Å². The molecule has 1 saturated carbocycles. The molecule has 0 aromatic carbocycles. The maximum Gasteiger partial charge on any atom is 0.327 e. The molecule has 6 nitrogen and oxygen atoms in total. The molecule has 2 amide bonds. The second-order valence-corrected chi connectivity index (χ2v) is 8.98. The predicted octanol–water partition coefficient (Wildman–Crippen LogP) is 2.03. The average Bonchev–Trinajstić information content (AvgIpc) is 2.73. The fraction of sp³-hybridized carbons (Fsp3) is 0.857. The summed E-state index contributed by atoms with van der Waals surface area (Å²) >= 11 is 0. The van der Waals surface area contributed by atoms with Crippen molar-refractivity contribution in [2.24, 2.45) is 17.8 Å². The number of rotatable bonds is 4. The maximum absolute atomic E-state index is 14.8. The molecule has 164 valence electrons. The predicted molar refractivity (Wildman–Crippen MR) is 104 cm³/mol. The van der Waals surface area contributed by atoms with Crippen molar-refractivity contribution in [1.82, 2.24) is 14.7 Å². The lowest BCUT2D eigenvalue weighted by Gasteiger charge is -2.40. The van der Waals surface area contributed by atoms with Gasteiger partial charge in [0.2, 0.25) is 5.91 Å². The first-order valence-electron chi connectivity index (χ1n) is 10.8. The van der Waals surface area contributed by atoms with Crippen LogP contribution in [0.3, 0.4) is 0 Å². The molecule has 3 aliphatic rings. The summed E-state index contributed by atoms with van der Waals surface area (Å²) in [5, 5.41) is 0. The summed E-state index contributed by atoms with van der Waals surface area (Å²) in [6, 6.07) is 0. The van der Waals surface area contributed by atoms with Crippen LogP contribution in [-0.4, -0.2) is 84.5 Å². The van der Waals surface area contributed by atoms with Crippen LogP contribution in [-0.2, 0) is 14.4 Å². The topological polar surface area (TPSA) is 60.9 Å². The van der Waals surface area contributed by atoms with Crippen molar-refractivity contribution in [2.75, 3.05) is 46.3 Å². The normalized spacial score (nSPS) is 27.7. The largest absolute Gasteiger partial charge is 0.342 e. The van der Waals surface area contributed by atoms with Gasteiger partial charge in [0.1, 0.15) is 5.78 Å². The molecule has 0 spiro atoms. The lowest BCUT2D eigenvalue weighted by Crippen LogP contribution is -2.56. The maximum atomic E-state index is 14.8. The highest BCUT2D eigenvalue weighted by Gasteiger charge is 2.50. The zero-order valence-electron chi connectivity index (χ0n) is 17.5. The van der Waals surface area contributed by atoms with Crippen LogP contribution in [0, 0.1) is 17.8 Å². The van der Waals surface area contributed by atoms with Crippen LogP contribution in [0.25, 0.3) is 0 Å². The second-order valence-electron chi connectivity index (χ2n) is 8.98. The number of carbonyl (C=O) groups excluding carboxylic acids is 3. The molecule has 0 unspecified atom stereocenters. The fourth-order valence-electron chi connectivity index (χ4n) is 4.86. The quantitative estimate of drug-likeness (QED) is 0.708. The number of amides is 2. The lowest BCUT2D eigenvalue weighted by atomic mass is 9.79. The third-order valence-corrected chi connectivity index (χ3v) is 7.05. The number of Topliss-reactive ketones (excluding diaryl/α,β-unsaturated/α-hetero) is 1. The van der Waals surface area contributed by atoms with Gasteiger partial charge < -0.3 is 14.7 Å². The van der Waals surface area contributed by atoms with E-state index in [1.807, 2.05) is 11.9 Å². The standard InChI is InChI=1S/C21H33F2N3O3/c1-15(27)16-3-5-17(6-4-16)19(28)25-9-7-18(8-10-25)21(22,23)20(29)26-13-11-24(2)12-14-26/h16-18H,3-14H2,1-2H3. The number of carbonyl (C=O) groups is 3. The molecule has 0 bridgehead atoms. The second kappa shape index (κ2) is 9.06. The number of piperazine rings is 1. The Bertz CT molecular complexity index is 619. The van der Waals surface area contributed by atoms with Crippen molar-refractivity contribution >= 4 is 17.6 Å². The van der Waals surface area contributed by atoms with E-state index in [1.54, 1.807) is 11.8 Å². The van der Waals surface area contributed by atoms with Gasteiger partial charge in [0.25, 0.3) is 5.91 Å². The molecule has 0 aromatic heterocycles. The van der Waals surface area contributed by atoms with Crippen molar-refractivity contribution in [1.29, 1.82) is 0 Å². The number of alkyl halides is 2. The number of likely N-dealkylation sites (tertiary alicyclic amines) is 1. The summed E-state index contributed by atoms with van der Waals surface area (Å²) in [5.74, 6) is -5.27. The molecule has 1 aliphatic carbocycles. The van der Waals surface area contributed by atoms with Crippen LogP contribution in [0.2, 0.25) is 0 Å². The summed E-state index contributed by atoms with van der Waals surface area (Å²) in [4.78, 5) is 41.7. The fourth-order valence-corrected chi connectivity index (χ4v) is 4.86. The molecule has 2 aliphatic heterocycles. The summed E-state index contributed by atoms with van der Waals surface area (Å²) in [6.07, 6.45) is 3.17. The molecule has 0 N–H and O–H groups in total. The van der Waals surface area contributed by atoms with E-state index >= 15 is 0 Å². The monoisotopic (exact) mass is 413 g/mol. The molecule has 0 aromatic rings. The van der Waals surface area contributed by atoms with Gasteiger partial charge >= 0.3 is 5.92 Å². The summed E-state index contributed by atoms with van der Waals surface area (Å²) in [5.41, 5.74) is 0. The molecule has 2 saturated heterocycles. The summed E-state index contributed by atoms with van der Waals surface area (Å²) in [7, 11) is 1.92. The van der Waals surface area contributed by atoms with Gasteiger partial charge in [-0.25, -0.2) is 0 Å². The van der Waals surface area contributed by atoms with Crippen LogP contribution in [0.15, 0.2) is 0 Å². The number of halogens is 2. The van der Waals surface area contributed by atoms with Crippen LogP contribution in [0.4, 0.5) is 8.78 Å². The number of nitrogens with zero attached hydrogens (tertiary/aromatic N) is 3. The van der Waals surface area contributed by atoms with E-state index in [4.69, 9.17) is 0 Å². The Hall–Kier alpha value is -1.57. The van der Waals surface area contributed by atoms with E-state index < -0.39 is 17.7 Å². The van der Waals surface area contributed by atoms with Crippen molar-refractivity contribution in [3.63, 3.8) is 0 Å². The number of hydrogen-bond donors (Lipinski definition) is 0. The van der Waals surface area contributed by atoms with Crippen molar-refractivity contribution in [3.8, 4) is 0 Å². The Labute approximate surface area is 171 Å². The zero-order valence-corrected chi connectivity index (χ0v) is 17.5. The van der Waals surface area contributed by atoms with Gasteiger partial charge in [-0.1, -0.05) is 0 Å². The highest BCUT2D eigenvalue weighted by atomic mass is 19.3. The number of ketones is 1. The molecule has 3 rings (SSSR count). The summed E-state index contributed by atoms with van der Waals surface area (Å²) < 4.78 is 29.7. The van der Waals surface area contributed by atoms with Gasteiger partial charge in [0.15, 0.2) is 0 Å². The van der Waals surface area contributed by atoms with Gasteiger partial charge in [-0.15, -0.1) is 0 Å². The van der Waals surface area contributed by atoms with E-state index in [9.17, 15) is 23.2 Å². The Morgan fingerprint density at radius 1 is 0.759 bits per heavy atom. The zero-order chi connectivity index (χ0) is 21.2. The SMILES string of the molecule is CC(=O)C1CCC(C(=O)N2CCC(C(F)(F)C(=O)N3CCN(C)CC3)CC2)CC1. The molecular weight excluding hydrogens is 380 g/mol. The molecule has 0 radical (unpaired) electrons. The first-order valence-corrected chi connectivity index (χ1v) is 10.8. The van der Waals surface area contributed by atoms with Crippen LogP contribution >= 0.6 is 0 Å². The number of piperidine rings is 1. The Balaban J connectivity index is 1.50. The molecule has 3 fully saturated rings. The van der Waals surface area contributed by atoms with Gasteiger partial charge in [-0.05, 0) is 52.5 Å². The van der Waals surface area contributed by atoms with Crippen molar-refractivity contribution < 1.29 is 23.2 Å². The van der Waals surface area contributed by atoms with E-state index in [2.05, 4.69) is 0 Å². The van der Waals surface area contributed by atoms with Gasteiger partial charge in [0.05, 0.1) is 0 Å². The van der Waals surface area contributed by atoms with E-state index in [1.165, 1.54) is 4.90 Å². The smallest absolute Gasteiger partial charge is 0.327 e. The molecular formula is C21H33F2N3O3. The minimum Gasteiger partial charge on any atom is -0.342 e. The first kappa shape index (κ1) is 22.1. The highest BCUT2D eigenvalue weighted by Crippen LogP contribution is 2.37. The molecule has 8 heteroatoms. The molecule has 2 heterocycles. The Kier molecular flexibility index (Phi) is 6.91. The summed E-state index contributed by atoms with van der Waals surface area (Å²) in [6.45, 7) is 4.06. The Morgan fingerprint density at radius 3 is 1.79 bits per heavy atom. The van der Waals surface area contributed by atoms with Crippen LogP contribution in [0.5, 0.6) is 0 Å². The van der Waals surface area contributed by atoms with E-state index in [-0.39, 0.29) is 49.5 Å². The van der Waals surface area contributed by atoms with Gasteiger partial charge in [-0.3, -0.25) is 14.4 Å².